The summed E-state index contributed by atoms with van der Waals surface area (Å²) >= 11 is 5.00. The minimum atomic E-state index is -3.33. The van der Waals surface area contributed by atoms with E-state index in [1.54, 1.807) is 6.20 Å². The molecule has 110 valence electrons. The topological polar surface area (TPSA) is 85.1 Å². The van der Waals surface area contributed by atoms with Gasteiger partial charge in [-0.05, 0) is 25.0 Å². The Morgan fingerprint density at radius 3 is 2.90 bits per heavy atom. The molecule has 3 N–H and O–H groups in total. The zero-order valence-electron chi connectivity index (χ0n) is 11.2. The average Bonchev–Trinajstić information content (AvgIpc) is 2.85. The first-order valence-corrected chi connectivity index (χ1v) is 8.73. The molecule has 0 amide bonds. The first kappa shape index (κ1) is 15.3. The molecule has 2 rings (SSSR count). The van der Waals surface area contributed by atoms with Crippen LogP contribution in [0.4, 0.5) is 0 Å². The van der Waals surface area contributed by atoms with Crippen LogP contribution in [0.25, 0.3) is 0 Å². The van der Waals surface area contributed by atoms with Gasteiger partial charge >= 0.3 is 0 Å². The van der Waals surface area contributed by atoms with Crippen molar-refractivity contribution >= 4 is 27.2 Å². The van der Waals surface area contributed by atoms with Gasteiger partial charge in [-0.3, -0.25) is 4.98 Å². The Bertz CT molecular complexity index is 560. The molecule has 0 aromatic carbocycles. The maximum Gasteiger partial charge on any atom is 0.212 e. The van der Waals surface area contributed by atoms with Gasteiger partial charge in [-0.1, -0.05) is 24.7 Å². The van der Waals surface area contributed by atoms with E-state index >= 15 is 0 Å². The van der Waals surface area contributed by atoms with Gasteiger partial charge in [0.1, 0.15) is 0 Å². The molecule has 0 radical (unpaired) electrons. The van der Waals surface area contributed by atoms with Crippen molar-refractivity contribution < 1.29 is 8.42 Å². The number of nitrogens with two attached hydrogens (primary N) is 1. The predicted molar refractivity (Wildman–Crippen MR) is 82.8 cm³/mol. The normalized spacial score (nSPS) is 22.8. The van der Waals surface area contributed by atoms with Gasteiger partial charge in [-0.25, -0.2) is 13.1 Å². The maximum absolute atomic E-state index is 12.1. The molecule has 0 saturated heterocycles. The molecule has 2 atom stereocenters. The Hall–Kier alpha value is -1.05. The van der Waals surface area contributed by atoms with Gasteiger partial charge < -0.3 is 5.73 Å². The number of pyridine rings is 1. The van der Waals surface area contributed by atoms with Gasteiger partial charge in [0.25, 0.3) is 0 Å². The van der Waals surface area contributed by atoms with Crippen molar-refractivity contribution in [2.75, 3.05) is 5.75 Å². The largest absolute Gasteiger partial charge is 0.393 e. The van der Waals surface area contributed by atoms with Crippen molar-refractivity contribution in [3.05, 3.63) is 30.1 Å². The van der Waals surface area contributed by atoms with Crippen LogP contribution < -0.4 is 10.5 Å². The van der Waals surface area contributed by atoms with E-state index in [1.165, 1.54) is 0 Å². The van der Waals surface area contributed by atoms with E-state index in [9.17, 15) is 8.42 Å². The molecule has 0 bridgehead atoms. The van der Waals surface area contributed by atoms with E-state index in [-0.39, 0.29) is 17.7 Å². The molecule has 2 unspecified atom stereocenters. The van der Waals surface area contributed by atoms with Gasteiger partial charge in [0.2, 0.25) is 10.0 Å². The van der Waals surface area contributed by atoms with Crippen LogP contribution in [0.2, 0.25) is 0 Å². The number of hydrogen-bond acceptors (Lipinski definition) is 4. The Morgan fingerprint density at radius 2 is 2.25 bits per heavy atom. The highest BCUT2D eigenvalue weighted by molar-refractivity contribution is 7.89. The number of nitrogens with one attached hydrogen (secondary N) is 1. The fraction of sp³-hybridized carbons (Fsp3) is 0.538. The Kier molecular flexibility index (Phi) is 5.06. The molecule has 5 nitrogen and oxygen atoms in total. The fourth-order valence-corrected chi connectivity index (χ4v) is 4.14. The molecule has 1 fully saturated rings. The highest BCUT2D eigenvalue weighted by Gasteiger charge is 2.32. The maximum atomic E-state index is 12.1. The van der Waals surface area contributed by atoms with Gasteiger partial charge in [0, 0.05) is 30.3 Å². The number of nitrogens with zero attached hydrogens (tertiary/aromatic N) is 1. The zero-order chi connectivity index (χ0) is 14.6. The van der Waals surface area contributed by atoms with Gasteiger partial charge in [-0.2, -0.15) is 0 Å². The smallest absolute Gasteiger partial charge is 0.212 e. The van der Waals surface area contributed by atoms with E-state index < -0.39 is 10.0 Å². The molecule has 0 spiro atoms. The summed E-state index contributed by atoms with van der Waals surface area (Å²) in [6.07, 6.45) is 4.68. The van der Waals surface area contributed by atoms with Crippen LogP contribution in [0, 0.1) is 5.92 Å². The number of aryl methyl sites for hydroxylation is 1. The van der Waals surface area contributed by atoms with E-state index in [1.807, 2.05) is 18.2 Å². The van der Waals surface area contributed by atoms with Crippen LogP contribution in [0.1, 0.15) is 25.0 Å². The molecule has 20 heavy (non-hydrogen) atoms. The molecule has 0 aliphatic heterocycles. The Balaban J connectivity index is 1.92. The minimum absolute atomic E-state index is 0.0189. The summed E-state index contributed by atoms with van der Waals surface area (Å²) in [6.45, 7) is 0. The van der Waals surface area contributed by atoms with Crippen LogP contribution >= 0.6 is 12.2 Å². The van der Waals surface area contributed by atoms with E-state index in [0.29, 0.717) is 11.4 Å². The van der Waals surface area contributed by atoms with E-state index in [0.717, 1.165) is 25.0 Å². The van der Waals surface area contributed by atoms with Crippen molar-refractivity contribution in [3.8, 4) is 0 Å². The van der Waals surface area contributed by atoms with Crippen LogP contribution in [-0.2, 0) is 16.4 Å². The first-order valence-electron chi connectivity index (χ1n) is 6.67. The summed E-state index contributed by atoms with van der Waals surface area (Å²) in [5, 5.41) is 0. The lowest BCUT2D eigenvalue weighted by atomic mass is 10.1. The van der Waals surface area contributed by atoms with E-state index in [2.05, 4.69) is 9.71 Å². The number of rotatable bonds is 6. The molecule has 1 aromatic heterocycles. The van der Waals surface area contributed by atoms with Gasteiger partial charge in [0.15, 0.2) is 0 Å². The highest BCUT2D eigenvalue weighted by Crippen LogP contribution is 2.26. The Labute approximate surface area is 125 Å². The summed E-state index contributed by atoms with van der Waals surface area (Å²) in [7, 11) is -3.33. The highest BCUT2D eigenvalue weighted by atomic mass is 32.2. The quantitative estimate of drug-likeness (QED) is 0.765. The summed E-state index contributed by atoms with van der Waals surface area (Å²) in [6, 6.07) is 5.33. The van der Waals surface area contributed by atoms with Crippen molar-refractivity contribution in [3.63, 3.8) is 0 Å². The van der Waals surface area contributed by atoms with Crippen molar-refractivity contribution in [2.24, 2.45) is 11.7 Å². The van der Waals surface area contributed by atoms with Crippen LogP contribution in [0.15, 0.2) is 24.4 Å². The summed E-state index contributed by atoms with van der Waals surface area (Å²) in [4.78, 5) is 4.53. The monoisotopic (exact) mass is 313 g/mol. The number of sulfonamides is 1. The van der Waals surface area contributed by atoms with Gasteiger partial charge in [0.05, 0.1) is 10.7 Å². The zero-order valence-corrected chi connectivity index (χ0v) is 12.8. The lowest BCUT2D eigenvalue weighted by molar-refractivity contribution is 0.524. The SMILES string of the molecule is NC(=S)C1CCCC1NS(=O)(=O)CCc1ccccn1. The predicted octanol–water partition coefficient (Wildman–Crippen LogP) is 0.998. The number of aromatic nitrogens is 1. The molecule has 1 aliphatic carbocycles. The van der Waals surface area contributed by atoms with Crippen LogP contribution in [0.3, 0.4) is 0 Å². The third-order valence-corrected chi connectivity index (χ3v) is 5.27. The fourth-order valence-electron chi connectivity index (χ4n) is 2.52. The minimum Gasteiger partial charge on any atom is -0.393 e. The molecule has 1 aromatic rings. The number of thiocarbonyl (C=S) groups is 1. The van der Waals surface area contributed by atoms with Crippen molar-refractivity contribution in [2.45, 2.75) is 31.7 Å². The third kappa shape index (κ3) is 4.22. The van der Waals surface area contributed by atoms with Gasteiger partial charge in [-0.15, -0.1) is 0 Å². The van der Waals surface area contributed by atoms with Crippen LogP contribution in [-0.4, -0.2) is 30.2 Å². The summed E-state index contributed by atoms with van der Waals surface area (Å²) in [5.74, 6) is 0.0134. The average molecular weight is 313 g/mol. The Morgan fingerprint density at radius 1 is 1.45 bits per heavy atom. The molecule has 1 saturated carbocycles. The molecule has 1 heterocycles. The second-order valence-electron chi connectivity index (χ2n) is 5.05. The van der Waals surface area contributed by atoms with Crippen molar-refractivity contribution in [1.82, 2.24) is 9.71 Å². The summed E-state index contributed by atoms with van der Waals surface area (Å²) in [5.41, 5.74) is 6.43. The lowest BCUT2D eigenvalue weighted by Crippen LogP contribution is -2.42. The molecule has 1 aliphatic rings. The molecular formula is C13H19N3O2S2. The summed E-state index contributed by atoms with van der Waals surface area (Å²) < 4.78 is 26.9. The third-order valence-electron chi connectivity index (χ3n) is 3.57. The second-order valence-corrected chi connectivity index (χ2v) is 7.40. The first-order chi connectivity index (χ1) is 9.48. The number of hydrogen-bond donors (Lipinski definition) is 2. The molecular weight excluding hydrogens is 294 g/mol. The lowest BCUT2D eigenvalue weighted by Gasteiger charge is -2.19. The molecule has 7 heteroatoms. The second kappa shape index (κ2) is 6.60. The van der Waals surface area contributed by atoms with E-state index in [4.69, 9.17) is 18.0 Å². The van der Waals surface area contributed by atoms with Crippen molar-refractivity contribution in [1.29, 1.82) is 0 Å². The van der Waals surface area contributed by atoms with Crippen LogP contribution in [0.5, 0.6) is 0 Å². The standard InChI is InChI=1S/C13H19N3O2S2/c14-13(19)11-5-3-6-12(11)16-20(17,18)9-7-10-4-1-2-8-15-10/h1-2,4,8,11-12,16H,3,5-7,9H2,(H2,14,19).